The Balaban J connectivity index is 2.39. The molecule has 0 saturated carbocycles. The number of benzene rings is 2. The first-order valence-corrected chi connectivity index (χ1v) is 6.83. The van der Waals surface area contributed by atoms with Crippen molar-refractivity contribution in [1.29, 1.82) is 0 Å². The second-order valence-corrected chi connectivity index (χ2v) is 4.88. The van der Waals surface area contributed by atoms with Crippen molar-refractivity contribution < 1.29 is 24.2 Å². The second kappa shape index (κ2) is 6.83. The molecule has 0 aromatic heterocycles. The maximum atomic E-state index is 12.6. The molecule has 6 nitrogen and oxygen atoms in total. The fraction of sp³-hybridized carbons (Fsp3) is 0.176. The van der Waals surface area contributed by atoms with Crippen molar-refractivity contribution >= 4 is 17.4 Å². The van der Waals surface area contributed by atoms with Crippen molar-refractivity contribution in [2.24, 2.45) is 0 Å². The summed E-state index contributed by atoms with van der Waals surface area (Å²) in [6.45, 7) is 0. The van der Waals surface area contributed by atoms with Crippen molar-refractivity contribution in [3.63, 3.8) is 0 Å². The summed E-state index contributed by atoms with van der Waals surface area (Å²) in [6.07, 6.45) is -0.237. The van der Waals surface area contributed by atoms with E-state index < -0.39 is 5.97 Å². The Bertz CT molecular complexity index is 755. The number of rotatable bonds is 6. The fourth-order valence-electron chi connectivity index (χ4n) is 2.21. The SMILES string of the molecule is COc1ccc(C(=O)c2ccc(N)c(CC(=O)O)c2)cc1OC. The maximum absolute atomic E-state index is 12.6. The summed E-state index contributed by atoms with van der Waals surface area (Å²) in [5, 5.41) is 8.89. The van der Waals surface area contributed by atoms with Crippen molar-refractivity contribution in [3.05, 3.63) is 53.1 Å². The largest absolute Gasteiger partial charge is 0.493 e. The van der Waals surface area contributed by atoms with Gasteiger partial charge in [-0.2, -0.15) is 0 Å². The Morgan fingerprint density at radius 2 is 1.61 bits per heavy atom. The minimum Gasteiger partial charge on any atom is -0.493 e. The van der Waals surface area contributed by atoms with Gasteiger partial charge in [-0.25, -0.2) is 0 Å². The second-order valence-electron chi connectivity index (χ2n) is 4.88. The molecule has 0 bridgehead atoms. The molecule has 0 aliphatic carbocycles. The third-order valence-electron chi connectivity index (χ3n) is 3.39. The monoisotopic (exact) mass is 315 g/mol. The van der Waals surface area contributed by atoms with Crippen LogP contribution >= 0.6 is 0 Å². The number of carbonyl (C=O) groups is 2. The van der Waals surface area contributed by atoms with E-state index in [1.165, 1.54) is 26.4 Å². The van der Waals surface area contributed by atoms with Gasteiger partial charge in [0.2, 0.25) is 0 Å². The highest BCUT2D eigenvalue weighted by atomic mass is 16.5. The van der Waals surface area contributed by atoms with Crippen LogP contribution in [-0.2, 0) is 11.2 Å². The number of hydrogen-bond acceptors (Lipinski definition) is 5. The van der Waals surface area contributed by atoms with Crippen LogP contribution in [0.1, 0.15) is 21.5 Å². The molecule has 2 aromatic rings. The fourth-order valence-corrected chi connectivity index (χ4v) is 2.21. The minimum absolute atomic E-state index is 0.237. The van der Waals surface area contributed by atoms with Gasteiger partial charge in [-0.1, -0.05) is 0 Å². The predicted molar refractivity (Wildman–Crippen MR) is 85.2 cm³/mol. The zero-order valence-electron chi connectivity index (χ0n) is 12.8. The third kappa shape index (κ3) is 3.60. The van der Waals surface area contributed by atoms with E-state index in [0.717, 1.165) is 0 Å². The molecule has 2 aromatic carbocycles. The highest BCUT2D eigenvalue weighted by molar-refractivity contribution is 6.09. The maximum Gasteiger partial charge on any atom is 0.307 e. The van der Waals surface area contributed by atoms with E-state index in [0.29, 0.717) is 33.9 Å². The van der Waals surface area contributed by atoms with Crippen LogP contribution in [0.15, 0.2) is 36.4 Å². The lowest BCUT2D eigenvalue weighted by atomic mass is 9.99. The van der Waals surface area contributed by atoms with Gasteiger partial charge in [0.1, 0.15) is 0 Å². The number of methoxy groups -OCH3 is 2. The molecule has 3 N–H and O–H groups in total. The van der Waals surface area contributed by atoms with E-state index in [1.54, 1.807) is 24.3 Å². The van der Waals surface area contributed by atoms with Gasteiger partial charge in [0.15, 0.2) is 17.3 Å². The van der Waals surface area contributed by atoms with E-state index in [9.17, 15) is 9.59 Å². The van der Waals surface area contributed by atoms with Crippen LogP contribution in [0.4, 0.5) is 5.69 Å². The van der Waals surface area contributed by atoms with Crippen LogP contribution in [0.2, 0.25) is 0 Å². The first-order chi connectivity index (χ1) is 11.0. The molecule has 0 aliphatic rings. The van der Waals surface area contributed by atoms with E-state index in [4.69, 9.17) is 20.3 Å². The Kier molecular flexibility index (Phi) is 4.85. The molecule has 120 valence electrons. The zero-order chi connectivity index (χ0) is 17.0. The summed E-state index contributed by atoms with van der Waals surface area (Å²) in [4.78, 5) is 23.4. The molecule has 6 heteroatoms. The van der Waals surface area contributed by atoms with Crippen LogP contribution in [0.5, 0.6) is 11.5 Å². The molecule has 0 unspecified atom stereocenters. The average molecular weight is 315 g/mol. The Labute approximate surface area is 133 Å². The van der Waals surface area contributed by atoms with E-state index in [-0.39, 0.29) is 12.2 Å². The first kappa shape index (κ1) is 16.4. The summed E-state index contributed by atoms with van der Waals surface area (Å²) in [5.74, 6) is -0.294. The van der Waals surface area contributed by atoms with Crippen molar-refractivity contribution in [2.45, 2.75) is 6.42 Å². The van der Waals surface area contributed by atoms with Gasteiger partial charge in [0.25, 0.3) is 0 Å². The molecule has 2 rings (SSSR count). The van der Waals surface area contributed by atoms with Crippen LogP contribution in [0.25, 0.3) is 0 Å². The van der Waals surface area contributed by atoms with E-state index in [1.807, 2.05) is 0 Å². The van der Waals surface area contributed by atoms with Crippen molar-refractivity contribution in [2.75, 3.05) is 20.0 Å². The summed E-state index contributed by atoms with van der Waals surface area (Å²) >= 11 is 0. The minimum atomic E-state index is -1.01. The average Bonchev–Trinajstić information content (AvgIpc) is 2.55. The number of nitrogen functional groups attached to an aromatic ring is 1. The van der Waals surface area contributed by atoms with Gasteiger partial charge in [-0.05, 0) is 42.0 Å². The topological polar surface area (TPSA) is 98.9 Å². The lowest BCUT2D eigenvalue weighted by Crippen LogP contribution is -2.07. The number of anilines is 1. The van der Waals surface area contributed by atoms with Gasteiger partial charge in [-0.15, -0.1) is 0 Å². The Morgan fingerprint density at radius 1 is 1.00 bits per heavy atom. The number of carbonyl (C=O) groups excluding carboxylic acids is 1. The lowest BCUT2D eigenvalue weighted by Gasteiger charge is -2.10. The molecule has 0 heterocycles. The Hall–Kier alpha value is -3.02. The van der Waals surface area contributed by atoms with Crippen LogP contribution < -0.4 is 15.2 Å². The van der Waals surface area contributed by atoms with Crippen LogP contribution in [-0.4, -0.2) is 31.1 Å². The van der Waals surface area contributed by atoms with Crippen molar-refractivity contribution in [1.82, 2.24) is 0 Å². The van der Waals surface area contributed by atoms with Gasteiger partial charge >= 0.3 is 5.97 Å². The molecule has 0 radical (unpaired) electrons. The molecule has 0 spiro atoms. The molecule has 0 fully saturated rings. The predicted octanol–water partition coefficient (Wildman–Crippen LogP) is 2.14. The van der Waals surface area contributed by atoms with Gasteiger partial charge in [0, 0.05) is 16.8 Å². The molecule has 23 heavy (non-hydrogen) atoms. The normalized spacial score (nSPS) is 10.2. The molecule has 0 saturated heterocycles. The number of hydrogen-bond donors (Lipinski definition) is 2. The summed E-state index contributed by atoms with van der Waals surface area (Å²) in [6, 6.07) is 9.45. The zero-order valence-corrected chi connectivity index (χ0v) is 12.8. The summed E-state index contributed by atoms with van der Waals surface area (Å²) < 4.78 is 10.3. The highest BCUT2D eigenvalue weighted by Crippen LogP contribution is 2.29. The number of nitrogens with two attached hydrogens (primary N) is 1. The Morgan fingerprint density at radius 3 is 2.22 bits per heavy atom. The summed E-state index contributed by atoms with van der Waals surface area (Å²) in [5.41, 5.74) is 7.27. The molecular weight excluding hydrogens is 298 g/mol. The molecular formula is C17H17NO5. The van der Waals surface area contributed by atoms with E-state index >= 15 is 0 Å². The number of ether oxygens (including phenoxy) is 2. The van der Waals surface area contributed by atoms with Gasteiger partial charge in [0.05, 0.1) is 20.6 Å². The van der Waals surface area contributed by atoms with Crippen molar-refractivity contribution in [3.8, 4) is 11.5 Å². The third-order valence-corrected chi connectivity index (χ3v) is 3.39. The van der Waals surface area contributed by atoms with Gasteiger partial charge in [-0.3, -0.25) is 9.59 Å². The molecule has 0 atom stereocenters. The standard InChI is InChI=1S/C17H17NO5/c1-22-14-6-4-11(8-15(14)23-2)17(21)10-3-5-13(18)12(7-10)9-16(19)20/h3-8H,9,18H2,1-2H3,(H,19,20). The smallest absolute Gasteiger partial charge is 0.307 e. The van der Waals surface area contributed by atoms with Crippen LogP contribution in [0, 0.1) is 0 Å². The first-order valence-electron chi connectivity index (χ1n) is 6.83. The van der Waals surface area contributed by atoms with E-state index in [2.05, 4.69) is 0 Å². The number of ketones is 1. The number of carboxylic acid groups (broad SMARTS) is 1. The molecule has 0 amide bonds. The quantitative estimate of drug-likeness (QED) is 0.626. The summed E-state index contributed by atoms with van der Waals surface area (Å²) in [7, 11) is 3.00. The lowest BCUT2D eigenvalue weighted by molar-refractivity contribution is -0.136. The highest BCUT2D eigenvalue weighted by Gasteiger charge is 2.15. The van der Waals surface area contributed by atoms with Crippen LogP contribution in [0.3, 0.4) is 0 Å². The molecule has 0 aliphatic heterocycles. The number of carboxylic acids is 1. The van der Waals surface area contributed by atoms with Gasteiger partial charge < -0.3 is 20.3 Å². The number of aliphatic carboxylic acids is 1.